The smallest absolute Gasteiger partial charge is 0.260 e. The predicted molar refractivity (Wildman–Crippen MR) is 131 cm³/mol. The molecular formula is C25H26ClN5O3. The summed E-state index contributed by atoms with van der Waals surface area (Å²) in [7, 11) is 0. The molecule has 0 aliphatic carbocycles. The highest BCUT2D eigenvalue weighted by Gasteiger charge is 2.27. The van der Waals surface area contributed by atoms with Crippen molar-refractivity contribution in [2.75, 3.05) is 24.5 Å². The maximum Gasteiger partial charge on any atom is 0.260 e. The molecule has 0 radical (unpaired) electrons. The highest BCUT2D eigenvalue weighted by atomic mass is 35.5. The highest BCUT2D eigenvalue weighted by molar-refractivity contribution is 6.32. The molecule has 4 rings (SSSR count). The predicted octanol–water partition coefficient (Wildman–Crippen LogP) is 3.49. The van der Waals surface area contributed by atoms with Gasteiger partial charge in [-0.1, -0.05) is 41.9 Å². The van der Waals surface area contributed by atoms with Gasteiger partial charge in [0, 0.05) is 36.5 Å². The van der Waals surface area contributed by atoms with Gasteiger partial charge in [-0.05, 0) is 43.5 Å². The molecule has 1 atom stereocenters. The number of hydrogen-bond acceptors (Lipinski definition) is 6. The van der Waals surface area contributed by atoms with E-state index >= 15 is 0 Å². The minimum Gasteiger partial charge on any atom is -0.506 e. The fourth-order valence-electron chi connectivity index (χ4n) is 3.89. The fraction of sp³-hybridized carbons (Fsp3) is 0.280. The van der Waals surface area contributed by atoms with Gasteiger partial charge in [0.2, 0.25) is 5.91 Å². The van der Waals surface area contributed by atoms with E-state index in [0.717, 1.165) is 24.8 Å². The lowest BCUT2D eigenvalue weighted by Crippen LogP contribution is -2.44. The van der Waals surface area contributed by atoms with Crippen LogP contribution < -0.4 is 10.6 Å². The van der Waals surface area contributed by atoms with Crippen molar-refractivity contribution < 1.29 is 14.7 Å². The van der Waals surface area contributed by atoms with E-state index in [9.17, 15) is 14.7 Å². The monoisotopic (exact) mass is 479 g/mol. The maximum absolute atomic E-state index is 13.5. The first-order chi connectivity index (χ1) is 16.4. The lowest BCUT2D eigenvalue weighted by atomic mass is 10.1. The Balaban J connectivity index is 1.67. The molecule has 2 heterocycles. The molecule has 1 aliphatic heterocycles. The van der Waals surface area contributed by atoms with Crippen molar-refractivity contribution in [2.24, 2.45) is 5.73 Å². The fourth-order valence-corrected chi connectivity index (χ4v) is 4.01. The molecule has 3 aromatic rings. The summed E-state index contributed by atoms with van der Waals surface area (Å²) < 4.78 is 0. The Kier molecular flexibility index (Phi) is 7.40. The van der Waals surface area contributed by atoms with E-state index in [0.29, 0.717) is 18.9 Å². The Morgan fingerprint density at radius 3 is 2.68 bits per heavy atom. The van der Waals surface area contributed by atoms with E-state index in [1.807, 2.05) is 30.3 Å². The van der Waals surface area contributed by atoms with Gasteiger partial charge in [-0.15, -0.1) is 0 Å². The summed E-state index contributed by atoms with van der Waals surface area (Å²) in [5.41, 5.74) is 7.03. The molecule has 1 unspecified atom stereocenters. The number of halogens is 1. The number of rotatable bonds is 5. The van der Waals surface area contributed by atoms with Gasteiger partial charge in [0.1, 0.15) is 18.1 Å². The number of anilines is 1. The molecule has 0 spiro atoms. The average molecular weight is 480 g/mol. The number of aromatic hydroxyl groups is 1. The summed E-state index contributed by atoms with van der Waals surface area (Å²) in [6.45, 7) is 0.931. The van der Waals surface area contributed by atoms with Crippen LogP contribution >= 0.6 is 11.6 Å². The van der Waals surface area contributed by atoms with Crippen LogP contribution in [-0.2, 0) is 4.79 Å². The molecule has 1 saturated heterocycles. The summed E-state index contributed by atoms with van der Waals surface area (Å²) in [5, 5.41) is 10.2. The second kappa shape index (κ2) is 10.6. The number of likely N-dealkylation sites (tertiary alicyclic amines) is 1. The second-order valence-electron chi connectivity index (χ2n) is 8.23. The summed E-state index contributed by atoms with van der Waals surface area (Å²) in [5.74, 6) is -0.172. The lowest BCUT2D eigenvalue weighted by Gasteiger charge is -2.26. The van der Waals surface area contributed by atoms with E-state index in [4.69, 9.17) is 17.3 Å². The third-order valence-electron chi connectivity index (χ3n) is 5.81. The number of nitrogens with two attached hydrogens (primary N) is 1. The standard InChI is InChI=1S/C25H26ClN5O3/c26-20-9-8-18(15-21(20)32)25(34)31(16-23(33)30-13-4-7-19(27)11-14-30)22-10-12-28-24(29-22)17-5-2-1-3-6-17/h1-3,5-6,8-10,12,15,19,32H,4,7,11,13-14,16,27H2. The number of amides is 2. The van der Waals surface area contributed by atoms with Gasteiger partial charge in [0.05, 0.1) is 5.02 Å². The zero-order valence-corrected chi connectivity index (χ0v) is 19.4. The average Bonchev–Trinajstić information content (AvgIpc) is 3.09. The summed E-state index contributed by atoms with van der Waals surface area (Å²) in [6, 6.07) is 15.3. The number of benzene rings is 2. The van der Waals surface area contributed by atoms with Gasteiger partial charge >= 0.3 is 0 Å². The van der Waals surface area contributed by atoms with Crippen molar-refractivity contribution in [3.05, 3.63) is 71.4 Å². The van der Waals surface area contributed by atoms with Gasteiger partial charge in [-0.25, -0.2) is 9.97 Å². The Bertz CT molecular complexity index is 1170. The van der Waals surface area contributed by atoms with E-state index < -0.39 is 5.91 Å². The Morgan fingerprint density at radius 2 is 1.91 bits per heavy atom. The van der Waals surface area contributed by atoms with Gasteiger partial charge < -0.3 is 15.7 Å². The van der Waals surface area contributed by atoms with Gasteiger partial charge in [0.25, 0.3) is 5.91 Å². The summed E-state index contributed by atoms with van der Waals surface area (Å²) >= 11 is 5.92. The molecule has 176 valence electrons. The van der Waals surface area contributed by atoms with Crippen LogP contribution in [0.15, 0.2) is 60.8 Å². The number of phenolic OH excluding ortho intramolecular Hbond substituents is 1. The molecule has 3 N–H and O–H groups in total. The molecule has 2 amide bonds. The lowest BCUT2D eigenvalue weighted by molar-refractivity contribution is -0.129. The number of carbonyl (C=O) groups is 2. The molecule has 34 heavy (non-hydrogen) atoms. The van der Waals surface area contributed by atoms with Crippen molar-refractivity contribution in [1.82, 2.24) is 14.9 Å². The van der Waals surface area contributed by atoms with Gasteiger partial charge in [0.15, 0.2) is 5.82 Å². The van der Waals surface area contributed by atoms with Crippen LogP contribution in [0.1, 0.15) is 29.6 Å². The SMILES string of the molecule is NC1CCCN(C(=O)CN(C(=O)c2ccc(Cl)c(O)c2)c2ccnc(-c3ccccc3)n2)CC1. The number of aromatic nitrogens is 2. The number of hydrogen-bond donors (Lipinski definition) is 2. The topological polar surface area (TPSA) is 113 Å². The minimum atomic E-state index is -0.482. The van der Waals surface area contributed by atoms with E-state index in [1.165, 1.54) is 23.1 Å². The van der Waals surface area contributed by atoms with Crippen LogP contribution in [0.2, 0.25) is 5.02 Å². The van der Waals surface area contributed by atoms with Crippen LogP contribution in [0.3, 0.4) is 0 Å². The van der Waals surface area contributed by atoms with E-state index in [2.05, 4.69) is 9.97 Å². The van der Waals surface area contributed by atoms with Crippen LogP contribution in [0.25, 0.3) is 11.4 Å². The Labute approximate surface area is 203 Å². The molecule has 1 fully saturated rings. The van der Waals surface area contributed by atoms with Crippen LogP contribution in [0, 0.1) is 0 Å². The van der Waals surface area contributed by atoms with Crippen LogP contribution in [0.4, 0.5) is 5.82 Å². The minimum absolute atomic E-state index is 0.0721. The van der Waals surface area contributed by atoms with E-state index in [-0.39, 0.29) is 40.6 Å². The highest BCUT2D eigenvalue weighted by Crippen LogP contribution is 2.26. The number of carbonyl (C=O) groups excluding carboxylic acids is 2. The van der Waals surface area contributed by atoms with Crippen molar-refractivity contribution in [2.45, 2.75) is 25.3 Å². The van der Waals surface area contributed by atoms with Crippen molar-refractivity contribution in [1.29, 1.82) is 0 Å². The zero-order valence-electron chi connectivity index (χ0n) is 18.6. The first kappa shape index (κ1) is 23.7. The molecule has 9 heteroatoms. The van der Waals surface area contributed by atoms with Crippen molar-refractivity contribution in [3.8, 4) is 17.1 Å². The third kappa shape index (κ3) is 5.52. The van der Waals surface area contributed by atoms with Crippen molar-refractivity contribution in [3.63, 3.8) is 0 Å². The molecule has 0 bridgehead atoms. The summed E-state index contributed by atoms with van der Waals surface area (Å²) in [4.78, 5) is 38.7. The maximum atomic E-state index is 13.5. The van der Waals surface area contributed by atoms with Gasteiger partial charge in [-0.3, -0.25) is 14.5 Å². The Hall–Kier alpha value is -3.49. The quantitative estimate of drug-likeness (QED) is 0.579. The van der Waals surface area contributed by atoms with Gasteiger partial charge in [-0.2, -0.15) is 0 Å². The Morgan fingerprint density at radius 1 is 1.12 bits per heavy atom. The van der Waals surface area contributed by atoms with E-state index in [1.54, 1.807) is 17.2 Å². The van der Waals surface area contributed by atoms with Crippen LogP contribution in [-0.4, -0.2) is 57.5 Å². The largest absolute Gasteiger partial charge is 0.506 e. The molecule has 1 aromatic heterocycles. The molecule has 1 aliphatic rings. The third-order valence-corrected chi connectivity index (χ3v) is 6.13. The normalized spacial score (nSPS) is 16.1. The van der Waals surface area contributed by atoms with Crippen molar-refractivity contribution >= 4 is 29.2 Å². The molecule has 8 nitrogen and oxygen atoms in total. The van der Waals surface area contributed by atoms with Crippen LogP contribution in [0.5, 0.6) is 5.75 Å². The molecule has 2 aromatic carbocycles. The number of nitrogens with zero attached hydrogens (tertiary/aromatic N) is 4. The second-order valence-corrected chi connectivity index (χ2v) is 8.64. The first-order valence-corrected chi connectivity index (χ1v) is 11.5. The molecular weight excluding hydrogens is 454 g/mol. The zero-order chi connectivity index (χ0) is 24.1. The molecule has 0 saturated carbocycles. The summed E-state index contributed by atoms with van der Waals surface area (Å²) in [6.07, 6.45) is 3.95. The first-order valence-electron chi connectivity index (χ1n) is 11.1. The number of phenols is 1.